The van der Waals surface area contributed by atoms with Crippen molar-refractivity contribution in [1.82, 2.24) is 4.90 Å². The summed E-state index contributed by atoms with van der Waals surface area (Å²) in [7, 11) is -2.51. The van der Waals surface area contributed by atoms with Crippen LogP contribution in [0.2, 0.25) is 0 Å². The number of hydrogen-bond acceptors (Lipinski definition) is 4. The summed E-state index contributed by atoms with van der Waals surface area (Å²) in [4.78, 5) is 12.6. The first-order chi connectivity index (χ1) is 6.91. The predicted octanol–water partition coefficient (Wildman–Crippen LogP) is -0.445. The van der Waals surface area contributed by atoms with Crippen LogP contribution in [0.5, 0.6) is 0 Å². The third-order valence-corrected chi connectivity index (χ3v) is 3.44. The second-order valence-corrected chi connectivity index (χ2v) is 4.22. The quantitative estimate of drug-likeness (QED) is 0.620. The van der Waals surface area contributed by atoms with Crippen LogP contribution in [0.3, 0.4) is 0 Å². The van der Waals surface area contributed by atoms with Gasteiger partial charge in [-0.25, -0.2) is 0 Å². The number of aliphatic hydroxyl groups excluding tert-OH is 1. The molecule has 1 aliphatic rings. The molecule has 0 spiro atoms. The normalized spacial score (nSPS) is 22.4. The van der Waals surface area contributed by atoms with E-state index < -0.39 is 16.5 Å². The van der Waals surface area contributed by atoms with E-state index in [1.807, 2.05) is 0 Å². The molecule has 0 aromatic rings. The lowest BCUT2D eigenvalue weighted by atomic mass is 10.0. The van der Waals surface area contributed by atoms with Gasteiger partial charge in [-0.15, -0.1) is 0 Å². The maximum Gasteiger partial charge on any atom is 0.252 e. The van der Waals surface area contributed by atoms with Crippen LogP contribution in [0.4, 0.5) is 0 Å². The minimum absolute atomic E-state index is 0.117. The van der Waals surface area contributed by atoms with Crippen LogP contribution in [-0.2, 0) is 15.1 Å². The molecule has 1 N–H and O–H groups in total. The summed E-state index contributed by atoms with van der Waals surface area (Å²) >= 11 is 0. The molecule has 0 saturated carbocycles. The van der Waals surface area contributed by atoms with E-state index in [-0.39, 0.29) is 17.3 Å². The average Bonchev–Trinajstić information content (AvgIpc) is 2.15. The molecular weight excluding hydrogens is 218 g/mol. The zero-order valence-corrected chi connectivity index (χ0v) is 9.63. The van der Waals surface area contributed by atoms with Crippen molar-refractivity contribution in [2.24, 2.45) is 0 Å². The smallest absolute Gasteiger partial charge is 0.252 e. The Hall–Kier alpha value is -1.14. The molecule has 15 heavy (non-hydrogen) atoms. The second-order valence-electron chi connectivity index (χ2n) is 3.31. The van der Waals surface area contributed by atoms with E-state index in [1.54, 1.807) is 13.8 Å². The number of hydrogen-bond donors (Lipinski definition) is 1. The zero-order chi connectivity index (χ0) is 11.7. The molecule has 0 aromatic heterocycles. The molecule has 1 heterocycles. The van der Waals surface area contributed by atoms with E-state index in [1.165, 1.54) is 6.92 Å². The highest BCUT2D eigenvalue weighted by Crippen LogP contribution is 2.19. The molecule has 0 aliphatic carbocycles. The average molecular weight is 231 g/mol. The van der Waals surface area contributed by atoms with Crippen molar-refractivity contribution in [3.8, 4) is 0 Å². The van der Waals surface area contributed by atoms with Gasteiger partial charge < -0.3 is 10.0 Å². The number of carbonyl (C=O) groups is 1. The Morgan fingerprint density at radius 3 is 2.27 bits per heavy atom. The van der Waals surface area contributed by atoms with Gasteiger partial charge in [0.15, 0.2) is 6.23 Å². The van der Waals surface area contributed by atoms with E-state index in [2.05, 4.69) is 0 Å². The van der Waals surface area contributed by atoms with Gasteiger partial charge in [-0.05, 0) is 26.3 Å². The maximum absolute atomic E-state index is 11.6. The molecule has 1 rings (SSSR count). The SMILES string of the molecule is CCN1C(=O)C(C)=C(C)C(=S(=O)=O)C1O. The van der Waals surface area contributed by atoms with Gasteiger partial charge in [0, 0.05) is 12.1 Å². The van der Waals surface area contributed by atoms with Gasteiger partial charge >= 0.3 is 0 Å². The Bertz CT molecular complexity index is 453. The van der Waals surface area contributed by atoms with Crippen molar-refractivity contribution in [2.75, 3.05) is 6.54 Å². The largest absolute Gasteiger partial charge is 0.368 e. The third kappa shape index (κ3) is 1.82. The highest BCUT2D eigenvalue weighted by Gasteiger charge is 2.34. The Balaban J connectivity index is 3.48. The lowest BCUT2D eigenvalue weighted by Gasteiger charge is -2.32. The van der Waals surface area contributed by atoms with E-state index in [0.717, 1.165) is 4.90 Å². The summed E-state index contributed by atoms with van der Waals surface area (Å²) in [6, 6.07) is 0. The summed E-state index contributed by atoms with van der Waals surface area (Å²) in [5, 5.41) is 9.70. The van der Waals surface area contributed by atoms with Crippen LogP contribution in [0.25, 0.3) is 0 Å². The third-order valence-electron chi connectivity index (χ3n) is 2.56. The van der Waals surface area contributed by atoms with Gasteiger partial charge in [-0.1, -0.05) is 0 Å². The van der Waals surface area contributed by atoms with E-state index in [9.17, 15) is 18.3 Å². The first kappa shape index (κ1) is 11.9. The Kier molecular flexibility index (Phi) is 3.31. The molecule has 0 saturated heterocycles. The number of likely N-dealkylation sites (N-methyl/N-ethyl adjacent to an activating group) is 1. The maximum atomic E-state index is 11.6. The number of aliphatic hydroxyl groups is 1. The summed E-state index contributed by atoms with van der Waals surface area (Å²) in [5.74, 6) is -0.322. The van der Waals surface area contributed by atoms with Crippen molar-refractivity contribution >= 4 is 21.1 Å². The molecule has 1 atom stereocenters. The molecule has 0 aromatic carbocycles. The van der Waals surface area contributed by atoms with Crippen molar-refractivity contribution in [2.45, 2.75) is 27.0 Å². The van der Waals surface area contributed by atoms with E-state index >= 15 is 0 Å². The summed E-state index contributed by atoms with van der Waals surface area (Å²) in [5.41, 5.74) is 0.701. The Labute approximate surface area is 89.5 Å². The van der Waals surface area contributed by atoms with Crippen LogP contribution >= 0.6 is 0 Å². The van der Waals surface area contributed by atoms with Gasteiger partial charge in [-0.2, -0.15) is 8.42 Å². The van der Waals surface area contributed by atoms with Gasteiger partial charge in [0.05, 0.1) is 0 Å². The molecule has 1 aliphatic heterocycles. The minimum atomic E-state index is -2.51. The van der Waals surface area contributed by atoms with Crippen LogP contribution in [0, 0.1) is 0 Å². The van der Waals surface area contributed by atoms with Gasteiger partial charge in [0.25, 0.3) is 5.91 Å². The van der Waals surface area contributed by atoms with Crippen molar-refractivity contribution < 1.29 is 18.3 Å². The number of rotatable bonds is 1. The molecule has 1 unspecified atom stereocenters. The Morgan fingerprint density at radius 2 is 1.87 bits per heavy atom. The summed E-state index contributed by atoms with van der Waals surface area (Å²) < 4.78 is 21.8. The van der Waals surface area contributed by atoms with Crippen LogP contribution in [0.15, 0.2) is 11.1 Å². The van der Waals surface area contributed by atoms with Crippen LogP contribution in [-0.4, -0.2) is 42.0 Å². The highest BCUT2D eigenvalue weighted by molar-refractivity contribution is 7.73. The lowest BCUT2D eigenvalue weighted by molar-refractivity contribution is -0.133. The molecule has 84 valence electrons. The van der Waals surface area contributed by atoms with Gasteiger partial charge in [-0.3, -0.25) is 4.79 Å². The van der Waals surface area contributed by atoms with Gasteiger partial charge in [0.2, 0.25) is 10.3 Å². The number of amides is 1. The first-order valence-electron chi connectivity index (χ1n) is 4.54. The minimum Gasteiger partial charge on any atom is -0.368 e. The molecule has 1 amide bonds. The fraction of sp³-hybridized carbons (Fsp3) is 0.556. The molecule has 0 radical (unpaired) electrons. The summed E-state index contributed by atoms with van der Waals surface area (Å²) in [6.07, 6.45) is -1.36. The van der Waals surface area contributed by atoms with Crippen LogP contribution in [0.1, 0.15) is 20.8 Å². The van der Waals surface area contributed by atoms with Crippen LogP contribution < -0.4 is 0 Å². The summed E-state index contributed by atoms with van der Waals surface area (Å²) in [6.45, 7) is 5.03. The predicted molar refractivity (Wildman–Crippen MR) is 55.7 cm³/mol. The number of nitrogens with zero attached hydrogens (tertiary/aromatic N) is 1. The fourth-order valence-electron chi connectivity index (χ4n) is 1.53. The topological polar surface area (TPSA) is 74.7 Å². The van der Waals surface area contributed by atoms with Crippen molar-refractivity contribution in [1.29, 1.82) is 0 Å². The highest BCUT2D eigenvalue weighted by atomic mass is 32.2. The zero-order valence-electron chi connectivity index (χ0n) is 8.81. The number of carbonyl (C=O) groups excluding carboxylic acids is 1. The van der Waals surface area contributed by atoms with E-state index in [4.69, 9.17) is 0 Å². The standard InChI is InChI=1S/C9H13NO4S/c1-4-10-8(11)6(3)5(2)7(9(10)12)15(13)14/h9,12H,4H2,1-3H3. The van der Waals surface area contributed by atoms with Gasteiger partial charge in [0.1, 0.15) is 4.86 Å². The molecule has 0 bridgehead atoms. The monoisotopic (exact) mass is 231 g/mol. The van der Waals surface area contributed by atoms with E-state index in [0.29, 0.717) is 11.1 Å². The van der Waals surface area contributed by atoms with Crippen molar-refractivity contribution in [3.05, 3.63) is 11.1 Å². The second kappa shape index (κ2) is 4.16. The first-order valence-corrected chi connectivity index (χ1v) is 5.62. The fourth-order valence-corrected chi connectivity index (χ4v) is 2.24. The molecule has 5 nitrogen and oxygen atoms in total. The molecular formula is C9H13NO4S. The molecule has 0 fully saturated rings. The molecule has 6 heteroatoms. The van der Waals surface area contributed by atoms with Crippen molar-refractivity contribution in [3.63, 3.8) is 0 Å². The Morgan fingerprint density at radius 1 is 1.33 bits per heavy atom. The lowest BCUT2D eigenvalue weighted by Crippen LogP contribution is -2.49.